The molecule has 0 radical (unpaired) electrons. The number of anilines is 2. The van der Waals surface area contributed by atoms with Crippen LogP contribution in [0.25, 0.3) is 0 Å². The van der Waals surface area contributed by atoms with Crippen LogP contribution >= 0.6 is 0 Å². The normalized spacial score (nSPS) is 15.4. The van der Waals surface area contributed by atoms with Crippen LogP contribution < -0.4 is 10.2 Å². The van der Waals surface area contributed by atoms with Crippen molar-refractivity contribution in [1.29, 1.82) is 0 Å². The van der Waals surface area contributed by atoms with E-state index in [9.17, 15) is 22.8 Å². The van der Waals surface area contributed by atoms with Crippen molar-refractivity contribution in [3.8, 4) is 0 Å². The highest BCUT2D eigenvalue weighted by atomic mass is 19.4. The van der Waals surface area contributed by atoms with Crippen LogP contribution in [0.5, 0.6) is 0 Å². The molecule has 0 bridgehead atoms. The van der Waals surface area contributed by atoms with Gasteiger partial charge in [-0.1, -0.05) is 44.2 Å². The van der Waals surface area contributed by atoms with Crippen molar-refractivity contribution in [3.63, 3.8) is 0 Å². The molecule has 0 aliphatic carbocycles. The summed E-state index contributed by atoms with van der Waals surface area (Å²) in [6.45, 7) is 10.8. The number of hydrogen-bond acceptors (Lipinski definition) is 4. The summed E-state index contributed by atoms with van der Waals surface area (Å²) >= 11 is 0. The summed E-state index contributed by atoms with van der Waals surface area (Å²) in [6, 6.07) is 13.3. The first-order valence-corrected chi connectivity index (χ1v) is 13.5. The van der Waals surface area contributed by atoms with Crippen LogP contribution in [0.15, 0.2) is 48.5 Å². The van der Waals surface area contributed by atoms with E-state index in [2.05, 4.69) is 10.2 Å². The first-order valence-electron chi connectivity index (χ1n) is 13.5. The van der Waals surface area contributed by atoms with Gasteiger partial charge in [0.15, 0.2) is 0 Å². The van der Waals surface area contributed by atoms with Crippen molar-refractivity contribution in [3.05, 3.63) is 59.7 Å². The molecule has 3 rings (SSSR count). The van der Waals surface area contributed by atoms with Gasteiger partial charge in [-0.05, 0) is 50.5 Å². The monoisotopic (exact) mass is 532 g/mol. The van der Waals surface area contributed by atoms with Crippen molar-refractivity contribution >= 4 is 23.2 Å². The van der Waals surface area contributed by atoms with Crippen LogP contribution in [0, 0.1) is 5.92 Å². The zero-order valence-corrected chi connectivity index (χ0v) is 22.7. The van der Waals surface area contributed by atoms with Crippen molar-refractivity contribution in [1.82, 2.24) is 9.80 Å². The van der Waals surface area contributed by atoms with E-state index in [0.29, 0.717) is 57.8 Å². The lowest BCUT2D eigenvalue weighted by Crippen LogP contribution is -2.51. The second-order valence-corrected chi connectivity index (χ2v) is 9.58. The summed E-state index contributed by atoms with van der Waals surface area (Å²) in [5.74, 6) is -0.696. The van der Waals surface area contributed by atoms with E-state index in [4.69, 9.17) is 0 Å². The highest BCUT2D eigenvalue weighted by molar-refractivity contribution is 5.93. The standard InChI is InChI=1S/C29H39F3N4O2/c1-5-21(6-2)27(37)33-25-15-14-23(20-24(25)29(30,31)32)35-16-18-36(19-17-35)26(22-12-10-9-11-13-22)28(38)34(7-3)8-4/h9-15,20-21,26H,5-8,16-19H2,1-4H3,(H,33,37). The molecule has 38 heavy (non-hydrogen) atoms. The first kappa shape index (κ1) is 29.5. The average Bonchev–Trinajstić information content (AvgIpc) is 2.91. The zero-order valence-electron chi connectivity index (χ0n) is 22.7. The van der Waals surface area contributed by atoms with Gasteiger partial charge in [0.25, 0.3) is 0 Å². The Balaban J connectivity index is 1.80. The predicted molar refractivity (Wildman–Crippen MR) is 145 cm³/mol. The fraction of sp³-hybridized carbons (Fsp3) is 0.517. The van der Waals surface area contributed by atoms with E-state index in [1.807, 2.05) is 67.8 Å². The third-order valence-corrected chi connectivity index (χ3v) is 7.39. The summed E-state index contributed by atoms with van der Waals surface area (Å²) in [7, 11) is 0. The lowest BCUT2D eigenvalue weighted by Gasteiger charge is -2.41. The smallest absolute Gasteiger partial charge is 0.369 e. The highest BCUT2D eigenvalue weighted by Gasteiger charge is 2.36. The molecule has 2 aromatic rings. The lowest BCUT2D eigenvalue weighted by atomic mass is 10.0. The number of benzene rings is 2. The van der Waals surface area contributed by atoms with Crippen molar-refractivity contribution in [2.45, 2.75) is 52.8 Å². The number of carbonyl (C=O) groups is 2. The van der Waals surface area contributed by atoms with Crippen LogP contribution in [0.1, 0.15) is 57.7 Å². The molecule has 1 aliphatic rings. The van der Waals surface area contributed by atoms with Gasteiger partial charge in [-0.2, -0.15) is 13.2 Å². The molecule has 1 aliphatic heterocycles. The quantitative estimate of drug-likeness (QED) is 0.420. The number of carbonyl (C=O) groups excluding carboxylic acids is 2. The predicted octanol–water partition coefficient (Wildman–Crippen LogP) is 5.81. The summed E-state index contributed by atoms with van der Waals surface area (Å²) in [6.07, 6.45) is -3.48. The molecule has 1 N–H and O–H groups in total. The van der Waals surface area contributed by atoms with Crippen LogP contribution in [0.4, 0.5) is 24.5 Å². The fourth-order valence-corrected chi connectivity index (χ4v) is 5.06. The Kier molecular flexibility index (Phi) is 10.2. The van der Waals surface area contributed by atoms with Gasteiger partial charge < -0.3 is 15.1 Å². The maximum Gasteiger partial charge on any atom is 0.418 e. The second kappa shape index (κ2) is 13.1. The lowest BCUT2D eigenvalue weighted by molar-refractivity contribution is -0.138. The van der Waals surface area contributed by atoms with Crippen molar-refractivity contribution in [2.24, 2.45) is 5.92 Å². The topological polar surface area (TPSA) is 55.9 Å². The fourth-order valence-electron chi connectivity index (χ4n) is 5.06. The number of halogens is 3. The second-order valence-electron chi connectivity index (χ2n) is 9.58. The Morgan fingerprint density at radius 2 is 1.53 bits per heavy atom. The van der Waals surface area contributed by atoms with Crippen LogP contribution in [0.2, 0.25) is 0 Å². The Morgan fingerprint density at radius 1 is 0.921 bits per heavy atom. The molecule has 1 fully saturated rings. The number of hydrogen-bond donors (Lipinski definition) is 1. The maximum atomic E-state index is 14.0. The molecule has 0 aromatic heterocycles. The van der Waals surface area contributed by atoms with Gasteiger partial charge in [-0.3, -0.25) is 14.5 Å². The molecular weight excluding hydrogens is 493 g/mol. The number of rotatable bonds is 10. The minimum absolute atomic E-state index is 0.0339. The minimum Gasteiger partial charge on any atom is -0.369 e. The number of amides is 2. The minimum atomic E-state index is -4.61. The summed E-state index contributed by atoms with van der Waals surface area (Å²) in [5.41, 5.74) is 0.292. The molecule has 0 saturated carbocycles. The molecule has 2 aromatic carbocycles. The summed E-state index contributed by atoms with van der Waals surface area (Å²) in [4.78, 5) is 31.7. The van der Waals surface area contributed by atoms with E-state index in [1.54, 1.807) is 6.07 Å². The van der Waals surface area contributed by atoms with Gasteiger partial charge in [-0.25, -0.2) is 0 Å². The van der Waals surface area contributed by atoms with E-state index in [0.717, 1.165) is 11.6 Å². The third kappa shape index (κ3) is 6.87. The van der Waals surface area contributed by atoms with E-state index < -0.39 is 23.7 Å². The Labute approximate surface area is 223 Å². The van der Waals surface area contributed by atoms with Gasteiger partial charge in [0, 0.05) is 50.9 Å². The number of likely N-dealkylation sites (N-methyl/N-ethyl adjacent to an activating group) is 1. The molecule has 208 valence electrons. The largest absolute Gasteiger partial charge is 0.418 e. The third-order valence-electron chi connectivity index (χ3n) is 7.39. The van der Waals surface area contributed by atoms with Crippen molar-refractivity contribution < 1.29 is 22.8 Å². The number of alkyl halides is 3. The molecule has 1 atom stereocenters. The molecule has 0 spiro atoms. The van der Waals surface area contributed by atoms with E-state index >= 15 is 0 Å². The molecular formula is C29H39F3N4O2. The van der Waals surface area contributed by atoms with Gasteiger partial charge >= 0.3 is 6.18 Å². The molecule has 1 heterocycles. The van der Waals surface area contributed by atoms with Gasteiger partial charge in [0.2, 0.25) is 11.8 Å². The molecule has 6 nitrogen and oxygen atoms in total. The molecule has 1 saturated heterocycles. The van der Waals surface area contributed by atoms with E-state index in [-0.39, 0.29) is 17.5 Å². The molecule has 1 unspecified atom stereocenters. The van der Waals surface area contributed by atoms with Crippen LogP contribution in [-0.4, -0.2) is 60.9 Å². The SMILES string of the molecule is CCC(CC)C(=O)Nc1ccc(N2CCN(C(C(=O)N(CC)CC)c3ccccc3)CC2)cc1C(F)(F)F. The molecule has 9 heteroatoms. The number of nitrogens with one attached hydrogen (secondary N) is 1. The summed E-state index contributed by atoms with van der Waals surface area (Å²) in [5, 5.41) is 2.50. The van der Waals surface area contributed by atoms with Crippen LogP contribution in [-0.2, 0) is 15.8 Å². The number of piperazine rings is 1. The van der Waals surface area contributed by atoms with Crippen LogP contribution in [0.3, 0.4) is 0 Å². The van der Waals surface area contributed by atoms with Crippen molar-refractivity contribution in [2.75, 3.05) is 49.5 Å². The Hall–Kier alpha value is -3.07. The summed E-state index contributed by atoms with van der Waals surface area (Å²) < 4.78 is 41.9. The van der Waals surface area contributed by atoms with Gasteiger partial charge in [0.05, 0.1) is 11.3 Å². The Morgan fingerprint density at radius 3 is 2.05 bits per heavy atom. The average molecular weight is 533 g/mol. The number of nitrogens with zero attached hydrogens (tertiary/aromatic N) is 3. The maximum absolute atomic E-state index is 14.0. The van der Waals surface area contributed by atoms with Gasteiger partial charge in [-0.15, -0.1) is 0 Å². The first-order chi connectivity index (χ1) is 18.1. The van der Waals surface area contributed by atoms with Gasteiger partial charge in [0.1, 0.15) is 6.04 Å². The highest BCUT2D eigenvalue weighted by Crippen LogP contribution is 2.38. The molecule has 2 amide bonds. The zero-order chi connectivity index (χ0) is 27.9. The van der Waals surface area contributed by atoms with E-state index in [1.165, 1.54) is 6.07 Å². The Bertz CT molecular complexity index is 1060.